The fourth-order valence-corrected chi connectivity index (χ4v) is 3.29. The summed E-state index contributed by atoms with van der Waals surface area (Å²) in [5.41, 5.74) is 1.65. The predicted molar refractivity (Wildman–Crippen MR) is 102 cm³/mol. The number of aromatic nitrogens is 1. The van der Waals surface area contributed by atoms with Gasteiger partial charge in [-0.25, -0.2) is 12.7 Å². The van der Waals surface area contributed by atoms with E-state index in [1.807, 2.05) is 12.1 Å². The first kappa shape index (κ1) is 19.8. The van der Waals surface area contributed by atoms with E-state index in [0.717, 1.165) is 29.3 Å². The summed E-state index contributed by atoms with van der Waals surface area (Å²) in [5, 5.41) is 6.38. The normalized spacial score (nSPS) is 11.2. The summed E-state index contributed by atoms with van der Waals surface area (Å²) in [4.78, 5) is 14.5. The predicted octanol–water partition coefficient (Wildman–Crippen LogP) is 2.23. The van der Waals surface area contributed by atoms with E-state index >= 15 is 0 Å². The first-order chi connectivity index (χ1) is 12.2. The average molecular weight is 380 g/mol. The van der Waals surface area contributed by atoms with Crippen molar-refractivity contribution < 1.29 is 17.7 Å². The fraction of sp³-hybridized carbons (Fsp3) is 0.412. The maximum absolute atomic E-state index is 12.3. The van der Waals surface area contributed by atoms with Crippen LogP contribution in [0.3, 0.4) is 0 Å². The molecule has 2 rings (SSSR count). The van der Waals surface area contributed by atoms with Crippen LogP contribution in [0.5, 0.6) is 0 Å². The number of nitrogens with one attached hydrogen (secondary N) is 1. The van der Waals surface area contributed by atoms with Gasteiger partial charge in [-0.15, -0.1) is 0 Å². The van der Waals surface area contributed by atoms with E-state index in [1.165, 1.54) is 6.07 Å². The molecular formula is C17H24N4O4S. The molecule has 8 nitrogen and oxygen atoms in total. The summed E-state index contributed by atoms with van der Waals surface area (Å²) in [5.74, 6) is 0.0738. The molecule has 0 saturated heterocycles. The van der Waals surface area contributed by atoms with Crippen LogP contribution in [0.4, 0.5) is 17.2 Å². The van der Waals surface area contributed by atoms with Gasteiger partial charge in [-0.2, -0.15) is 0 Å². The van der Waals surface area contributed by atoms with Crippen LogP contribution in [0, 0.1) is 6.92 Å². The third-order valence-corrected chi connectivity index (χ3v) is 4.96. The lowest BCUT2D eigenvalue weighted by Crippen LogP contribution is -2.37. The largest absolute Gasteiger partial charge is 0.372 e. The molecule has 0 aliphatic carbocycles. The Balaban J connectivity index is 2.09. The van der Waals surface area contributed by atoms with Gasteiger partial charge in [0.15, 0.2) is 5.82 Å². The highest BCUT2D eigenvalue weighted by Gasteiger charge is 2.23. The first-order valence-electron chi connectivity index (χ1n) is 8.30. The molecule has 0 spiro atoms. The molecule has 0 fully saturated rings. The molecule has 0 bridgehead atoms. The van der Waals surface area contributed by atoms with E-state index in [2.05, 4.69) is 29.2 Å². The van der Waals surface area contributed by atoms with Gasteiger partial charge in [0.05, 0.1) is 6.26 Å². The van der Waals surface area contributed by atoms with Crippen LogP contribution < -0.4 is 14.5 Å². The Morgan fingerprint density at radius 3 is 2.27 bits per heavy atom. The number of hydrogen-bond acceptors (Lipinski definition) is 6. The van der Waals surface area contributed by atoms with Crippen molar-refractivity contribution >= 4 is 33.1 Å². The molecule has 1 amide bonds. The number of amides is 1. The Labute approximate surface area is 153 Å². The molecule has 0 atom stereocenters. The number of benzene rings is 1. The van der Waals surface area contributed by atoms with E-state index in [0.29, 0.717) is 11.4 Å². The van der Waals surface area contributed by atoms with Crippen molar-refractivity contribution in [3.63, 3.8) is 0 Å². The van der Waals surface area contributed by atoms with E-state index < -0.39 is 15.9 Å². The molecule has 0 unspecified atom stereocenters. The zero-order chi connectivity index (χ0) is 19.3. The van der Waals surface area contributed by atoms with E-state index in [9.17, 15) is 13.2 Å². The maximum atomic E-state index is 12.3. The van der Waals surface area contributed by atoms with Crippen LogP contribution >= 0.6 is 0 Å². The van der Waals surface area contributed by atoms with Gasteiger partial charge in [-0.3, -0.25) is 4.79 Å². The van der Waals surface area contributed by atoms with Gasteiger partial charge >= 0.3 is 0 Å². The second-order valence-electron chi connectivity index (χ2n) is 5.83. The van der Waals surface area contributed by atoms with Crippen molar-refractivity contribution in [1.29, 1.82) is 0 Å². The number of carbonyl (C=O) groups excluding carboxylic acids is 1. The quantitative estimate of drug-likeness (QED) is 0.754. The number of carbonyl (C=O) groups is 1. The summed E-state index contributed by atoms with van der Waals surface area (Å²) in [7, 11) is -3.67. The third kappa shape index (κ3) is 4.98. The summed E-state index contributed by atoms with van der Waals surface area (Å²) < 4.78 is 29.8. The van der Waals surface area contributed by atoms with Crippen molar-refractivity contribution in [1.82, 2.24) is 5.16 Å². The lowest BCUT2D eigenvalue weighted by molar-refractivity contribution is -0.114. The lowest BCUT2D eigenvalue weighted by Gasteiger charge is -2.21. The van der Waals surface area contributed by atoms with Crippen LogP contribution in [0.15, 0.2) is 34.9 Å². The molecule has 2 aromatic rings. The van der Waals surface area contributed by atoms with E-state index in [4.69, 9.17) is 4.52 Å². The van der Waals surface area contributed by atoms with Crippen molar-refractivity contribution in [3.8, 4) is 0 Å². The average Bonchev–Trinajstić information content (AvgIpc) is 3.00. The highest BCUT2D eigenvalue weighted by molar-refractivity contribution is 7.92. The molecule has 1 N–H and O–H groups in total. The number of aryl methyl sites for hydroxylation is 1. The summed E-state index contributed by atoms with van der Waals surface area (Å²) in [6.45, 7) is 7.19. The van der Waals surface area contributed by atoms with Crippen LogP contribution in [-0.2, 0) is 14.8 Å². The number of anilines is 3. The minimum atomic E-state index is -3.67. The number of rotatable bonds is 8. The topological polar surface area (TPSA) is 95.8 Å². The summed E-state index contributed by atoms with van der Waals surface area (Å²) in [6.07, 6.45) is 1.02. The molecule has 26 heavy (non-hydrogen) atoms. The molecule has 9 heteroatoms. The van der Waals surface area contributed by atoms with Gasteiger partial charge in [0.1, 0.15) is 12.3 Å². The van der Waals surface area contributed by atoms with Crippen LogP contribution in [0.2, 0.25) is 0 Å². The van der Waals surface area contributed by atoms with Gasteiger partial charge in [0.2, 0.25) is 15.9 Å². The number of hydrogen-bond donors (Lipinski definition) is 1. The molecule has 142 valence electrons. The van der Waals surface area contributed by atoms with Gasteiger partial charge in [0, 0.05) is 30.5 Å². The molecule has 0 aliphatic heterocycles. The Kier molecular flexibility index (Phi) is 6.25. The minimum Gasteiger partial charge on any atom is -0.372 e. The van der Waals surface area contributed by atoms with Crippen LogP contribution in [0.1, 0.15) is 19.6 Å². The zero-order valence-electron chi connectivity index (χ0n) is 15.4. The molecule has 0 saturated carbocycles. The molecule has 1 aromatic heterocycles. The van der Waals surface area contributed by atoms with Crippen LogP contribution in [-0.4, -0.2) is 45.4 Å². The SMILES string of the molecule is CCN(CC)c1ccc(NC(=O)CN(c2cc(C)on2)S(C)(=O)=O)cc1. The Morgan fingerprint density at radius 2 is 1.81 bits per heavy atom. The van der Waals surface area contributed by atoms with Crippen LogP contribution in [0.25, 0.3) is 0 Å². The Bertz CT molecular complexity index is 842. The molecule has 1 heterocycles. The Morgan fingerprint density at radius 1 is 1.19 bits per heavy atom. The first-order valence-corrected chi connectivity index (χ1v) is 10.1. The van der Waals surface area contributed by atoms with E-state index in [1.54, 1.807) is 19.1 Å². The fourth-order valence-electron chi connectivity index (χ4n) is 2.51. The summed E-state index contributed by atoms with van der Waals surface area (Å²) in [6, 6.07) is 8.87. The Hall–Kier alpha value is -2.55. The van der Waals surface area contributed by atoms with Gasteiger partial charge < -0.3 is 14.7 Å². The number of nitrogens with zero attached hydrogens (tertiary/aromatic N) is 3. The molecular weight excluding hydrogens is 356 g/mol. The van der Waals surface area contributed by atoms with Crippen molar-refractivity contribution in [2.75, 3.05) is 40.4 Å². The highest BCUT2D eigenvalue weighted by atomic mass is 32.2. The van der Waals surface area contributed by atoms with Crippen molar-refractivity contribution in [3.05, 3.63) is 36.1 Å². The second-order valence-corrected chi connectivity index (χ2v) is 7.74. The lowest BCUT2D eigenvalue weighted by atomic mass is 10.2. The van der Waals surface area contributed by atoms with E-state index in [-0.39, 0.29) is 12.4 Å². The van der Waals surface area contributed by atoms with Gasteiger partial charge in [-0.05, 0) is 45.0 Å². The van der Waals surface area contributed by atoms with Crippen molar-refractivity contribution in [2.24, 2.45) is 0 Å². The monoisotopic (exact) mass is 380 g/mol. The maximum Gasteiger partial charge on any atom is 0.245 e. The smallest absolute Gasteiger partial charge is 0.245 e. The number of sulfonamides is 1. The third-order valence-electron chi connectivity index (χ3n) is 3.84. The highest BCUT2D eigenvalue weighted by Crippen LogP contribution is 2.19. The standard InChI is InChI=1S/C17H24N4O4S/c1-5-20(6-2)15-9-7-14(8-10-15)18-17(22)12-21(26(4,23)24)16-11-13(3)25-19-16/h7-11H,5-6,12H2,1-4H3,(H,18,22). The zero-order valence-corrected chi connectivity index (χ0v) is 16.2. The van der Waals surface area contributed by atoms with Gasteiger partial charge in [0.25, 0.3) is 0 Å². The second kappa shape index (κ2) is 8.22. The minimum absolute atomic E-state index is 0.0806. The molecule has 0 radical (unpaired) electrons. The summed E-state index contributed by atoms with van der Waals surface area (Å²) >= 11 is 0. The van der Waals surface area contributed by atoms with Crippen molar-refractivity contribution in [2.45, 2.75) is 20.8 Å². The molecule has 0 aliphatic rings. The molecule has 1 aromatic carbocycles. The van der Waals surface area contributed by atoms with Gasteiger partial charge in [-0.1, -0.05) is 5.16 Å².